The molecule has 0 atom stereocenters. The Kier molecular flexibility index (Phi) is 9.23. The monoisotopic (exact) mass is 689 g/mol. The summed E-state index contributed by atoms with van der Waals surface area (Å²) in [5, 5.41) is 5.41. The molecule has 0 aliphatic heterocycles. The molecule has 0 bridgehead atoms. The quantitative estimate of drug-likeness (QED) is 0.174. The minimum absolute atomic E-state index is 0.107. The summed E-state index contributed by atoms with van der Waals surface area (Å²) >= 11 is 13.7. The van der Waals surface area contributed by atoms with E-state index >= 15 is 0 Å². The standard InChI is InChI=1S/C30H27Br2ClFN3O3/c1-2-39-25-14-20(26(32)27(33)28(25)40-17-18-7-6-10-22(34)13-18)16-35-37-29(19-8-4-3-5-9-19)36-24-12-11-21(31)15-23(24)30(37)38/h6-7,10-16,19H,2-5,8-9,17H2,1H3. The van der Waals surface area contributed by atoms with Gasteiger partial charge < -0.3 is 9.47 Å². The predicted molar refractivity (Wildman–Crippen MR) is 164 cm³/mol. The lowest BCUT2D eigenvalue weighted by Crippen LogP contribution is -2.25. The molecule has 0 radical (unpaired) electrons. The van der Waals surface area contributed by atoms with Crippen LogP contribution in [0.25, 0.3) is 10.9 Å². The largest absolute Gasteiger partial charge is 0.490 e. The molecule has 1 saturated carbocycles. The van der Waals surface area contributed by atoms with Crippen molar-refractivity contribution in [2.24, 2.45) is 5.10 Å². The highest BCUT2D eigenvalue weighted by molar-refractivity contribution is 9.10. The molecular formula is C30H27Br2ClFN3O3. The molecule has 5 rings (SSSR count). The third-order valence-corrected chi connectivity index (χ3v) is 8.78. The Balaban J connectivity index is 1.55. The fraction of sp³-hybridized carbons (Fsp3) is 0.300. The zero-order chi connectivity index (χ0) is 28.2. The van der Waals surface area contributed by atoms with Crippen molar-refractivity contribution in [2.45, 2.75) is 51.6 Å². The Morgan fingerprint density at radius 2 is 1.93 bits per heavy atom. The van der Waals surface area contributed by atoms with Crippen LogP contribution in [0.15, 0.2) is 67.4 Å². The Bertz CT molecular complexity index is 1640. The molecule has 6 nitrogen and oxygen atoms in total. The van der Waals surface area contributed by atoms with Gasteiger partial charge in [-0.25, -0.2) is 9.37 Å². The molecule has 0 amide bonds. The first kappa shape index (κ1) is 28.8. The molecule has 10 heteroatoms. The third kappa shape index (κ3) is 6.26. The van der Waals surface area contributed by atoms with Gasteiger partial charge in [0.2, 0.25) is 0 Å². The number of halogens is 4. The van der Waals surface area contributed by atoms with E-state index < -0.39 is 0 Å². The highest BCUT2D eigenvalue weighted by atomic mass is 79.9. The van der Waals surface area contributed by atoms with E-state index in [0.717, 1.165) is 30.2 Å². The maximum atomic E-state index is 13.7. The highest BCUT2D eigenvalue weighted by Gasteiger charge is 2.23. The van der Waals surface area contributed by atoms with Crippen molar-refractivity contribution in [3.05, 3.63) is 95.6 Å². The van der Waals surface area contributed by atoms with Crippen LogP contribution in [0.4, 0.5) is 4.39 Å². The maximum absolute atomic E-state index is 13.7. The minimum Gasteiger partial charge on any atom is -0.490 e. The van der Waals surface area contributed by atoms with Gasteiger partial charge in [0.1, 0.15) is 23.3 Å². The summed E-state index contributed by atoms with van der Waals surface area (Å²) in [7, 11) is 0. The summed E-state index contributed by atoms with van der Waals surface area (Å²) in [6, 6.07) is 13.4. The topological polar surface area (TPSA) is 65.7 Å². The molecule has 40 heavy (non-hydrogen) atoms. The SMILES string of the molecule is CCOc1cc(C=Nn2c(C3CCCCC3)nc3ccc(Br)cc3c2=O)c(Br)c(Cl)c1OCc1cccc(F)c1. The molecule has 1 fully saturated rings. The van der Waals surface area contributed by atoms with E-state index in [1.165, 1.54) is 23.2 Å². The summed E-state index contributed by atoms with van der Waals surface area (Å²) in [6.07, 6.45) is 6.88. The van der Waals surface area contributed by atoms with Gasteiger partial charge >= 0.3 is 0 Å². The van der Waals surface area contributed by atoms with Crippen molar-refractivity contribution >= 4 is 60.6 Å². The van der Waals surface area contributed by atoms with E-state index in [4.69, 9.17) is 26.1 Å². The predicted octanol–water partition coefficient (Wildman–Crippen LogP) is 8.62. The molecule has 0 saturated heterocycles. The number of benzene rings is 3. The summed E-state index contributed by atoms with van der Waals surface area (Å²) in [5.74, 6) is 1.21. The van der Waals surface area contributed by atoms with Gasteiger partial charge in [-0.3, -0.25) is 4.79 Å². The second kappa shape index (κ2) is 12.8. The van der Waals surface area contributed by atoms with Gasteiger partial charge in [0, 0.05) is 20.4 Å². The van der Waals surface area contributed by atoms with E-state index in [1.807, 2.05) is 19.1 Å². The van der Waals surface area contributed by atoms with Gasteiger partial charge in [-0.1, -0.05) is 58.9 Å². The zero-order valence-electron chi connectivity index (χ0n) is 21.8. The number of ether oxygens (including phenoxy) is 2. The van der Waals surface area contributed by atoms with Crippen LogP contribution >= 0.6 is 43.5 Å². The van der Waals surface area contributed by atoms with Crippen molar-refractivity contribution in [2.75, 3.05) is 6.61 Å². The number of hydrogen-bond acceptors (Lipinski definition) is 5. The molecule has 0 spiro atoms. The maximum Gasteiger partial charge on any atom is 0.282 e. The molecule has 1 aromatic heterocycles. The van der Waals surface area contributed by atoms with Gasteiger partial charge in [-0.2, -0.15) is 9.78 Å². The molecule has 1 aliphatic carbocycles. The first-order valence-corrected chi connectivity index (χ1v) is 15.1. The molecular weight excluding hydrogens is 665 g/mol. The second-order valence-corrected chi connectivity index (χ2v) is 11.7. The van der Waals surface area contributed by atoms with E-state index in [2.05, 4.69) is 37.0 Å². The normalized spacial score (nSPS) is 14.2. The average molecular weight is 692 g/mol. The van der Waals surface area contributed by atoms with E-state index in [9.17, 15) is 9.18 Å². The number of fused-ring (bicyclic) bond motifs is 1. The van der Waals surface area contributed by atoms with Crippen molar-refractivity contribution in [3.63, 3.8) is 0 Å². The van der Waals surface area contributed by atoms with Crippen LogP contribution < -0.4 is 15.0 Å². The van der Waals surface area contributed by atoms with Crippen molar-refractivity contribution in [1.29, 1.82) is 0 Å². The first-order chi connectivity index (χ1) is 19.4. The first-order valence-electron chi connectivity index (χ1n) is 13.1. The lowest BCUT2D eigenvalue weighted by Gasteiger charge is -2.23. The summed E-state index contributed by atoms with van der Waals surface area (Å²) in [5.41, 5.74) is 1.68. The fourth-order valence-corrected chi connectivity index (χ4v) is 5.92. The van der Waals surface area contributed by atoms with Crippen molar-refractivity contribution in [3.8, 4) is 11.5 Å². The number of aromatic nitrogens is 2. The minimum atomic E-state index is -0.344. The van der Waals surface area contributed by atoms with Crippen LogP contribution in [0, 0.1) is 5.82 Å². The molecule has 4 aromatic rings. The van der Waals surface area contributed by atoms with Crippen LogP contribution in [0.5, 0.6) is 11.5 Å². The van der Waals surface area contributed by atoms with Crippen LogP contribution in [-0.4, -0.2) is 22.5 Å². The second-order valence-electron chi connectivity index (χ2n) is 9.60. The number of nitrogens with zero attached hydrogens (tertiary/aromatic N) is 3. The Hall–Kier alpha value is -2.75. The fourth-order valence-electron chi connectivity index (χ4n) is 4.90. The molecule has 1 heterocycles. The molecule has 208 valence electrons. The highest BCUT2D eigenvalue weighted by Crippen LogP contribution is 2.43. The number of hydrogen-bond donors (Lipinski definition) is 0. The van der Waals surface area contributed by atoms with E-state index in [-0.39, 0.29) is 28.9 Å². The van der Waals surface area contributed by atoms with Crippen LogP contribution in [0.2, 0.25) is 5.02 Å². The van der Waals surface area contributed by atoms with Gasteiger partial charge in [0.25, 0.3) is 5.56 Å². The van der Waals surface area contributed by atoms with Gasteiger partial charge in [0.05, 0.1) is 23.7 Å². The summed E-state index contributed by atoms with van der Waals surface area (Å²) in [4.78, 5) is 18.6. The van der Waals surface area contributed by atoms with Crippen LogP contribution in [0.1, 0.15) is 61.9 Å². The van der Waals surface area contributed by atoms with E-state index in [1.54, 1.807) is 30.5 Å². The van der Waals surface area contributed by atoms with Crippen molar-refractivity contribution < 1.29 is 13.9 Å². The van der Waals surface area contributed by atoms with Gasteiger partial charge in [-0.05, 0) is 77.7 Å². The third-order valence-electron chi connectivity index (χ3n) is 6.84. The smallest absolute Gasteiger partial charge is 0.282 e. The molecule has 0 unspecified atom stereocenters. The summed E-state index contributed by atoms with van der Waals surface area (Å²) in [6.45, 7) is 2.34. The van der Waals surface area contributed by atoms with Crippen molar-refractivity contribution in [1.82, 2.24) is 9.66 Å². The lowest BCUT2D eigenvalue weighted by molar-refractivity contribution is 0.269. The Labute approximate surface area is 253 Å². The van der Waals surface area contributed by atoms with Crippen LogP contribution in [0.3, 0.4) is 0 Å². The molecule has 0 N–H and O–H groups in total. The van der Waals surface area contributed by atoms with E-state index in [0.29, 0.717) is 50.4 Å². The Morgan fingerprint density at radius 3 is 2.67 bits per heavy atom. The average Bonchev–Trinajstić information content (AvgIpc) is 2.95. The van der Waals surface area contributed by atoms with Gasteiger partial charge in [0.15, 0.2) is 11.5 Å². The Morgan fingerprint density at radius 1 is 1.12 bits per heavy atom. The molecule has 1 aliphatic rings. The number of rotatable bonds is 8. The van der Waals surface area contributed by atoms with Crippen LogP contribution in [-0.2, 0) is 6.61 Å². The lowest BCUT2D eigenvalue weighted by atomic mass is 9.88. The van der Waals surface area contributed by atoms with Gasteiger partial charge in [-0.15, -0.1) is 0 Å². The zero-order valence-corrected chi connectivity index (χ0v) is 25.7. The molecule has 3 aromatic carbocycles. The summed E-state index contributed by atoms with van der Waals surface area (Å²) < 4.78 is 28.2.